The number of rotatable bonds is 4. The molecule has 2 aromatic carbocycles. The monoisotopic (exact) mass is 389 g/mol. The molecule has 0 atom stereocenters. The maximum Gasteiger partial charge on any atom is 0.275 e. The second-order valence-electron chi connectivity index (χ2n) is 6.96. The number of fused-ring (bicyclic) bond motifs is 1. The topological polar surface area (TPSA) is 80.2 Å². The van der Waals surface area contributed by atoms with Gasteiger partial charge in [0.15, 0.2) is 5.82 Å². The number of allylic oxidation sites excluding steroid dienone is 1. The molecular formula is C22H23N5O2. The highest BCUT2D eigenvalue weighted by Crippen LogP contribution is 2.35. The van der Waals surface area contributed by atoms with Gasteiger partial charge in [0.2, 0.25) is 0 Å². The zero-order valence-electron chi connectivity index (χ0n) is 16.8. The summed E-state index contributed by atoms with van der Waals surface area (Å²) < 4.78 is 7.12. The van der Waals surface area contributed by atoms with Crippen LogP contribution in [0.2, 0.25) is 0 Å². The summed E-state index contributed by atoms with van der Waals surface area (Å²) >= 11 is 0. The Morgan fingerprint density at radius 3 is 2.55 bits per heavy atom. The number of hydrogen-bond donors (Lipinski definition) is 3. The second-order valence-corrected chi connectivity index (χ2v) is 6.96. The van der Waals surface area contributed by atoms with E-state index in [4.69, 9.17) is 4.74 Å². The van der Waals surface area contributed by atoms with Gasteiger partial charge in [-0.05, 0) is 44.0 Å². The van der Waals surface area contributed by atoms with E-state index in [9.17, 15) is 4.79 Å². The molecule has 0 fully saturated rings. The van der Waals surface area contributed by atoms with E-state index in [1.807, 2.05) is 69.3 Å². The van der Waals surface area contributed by atoms with Gasteiger partial charge in [-0.3, -0.25) is 15.6 Å². The van der Waals surface area contributed by atoms with Gasteiger partial charge in [0.25, 0.3) is 5.91 Å². The lowest BCUT2D eigenvalue weighted by Gasteiger charge is -2.23. The lowest BCUT2D eigenvalue weighted by atomic mass is 10.1. The van der Waals surface area contributed by atoms with Gasteiger partial charge in [0, 0.05) is 5.56 Å². The lowest BCUT2D eigenvalue weighted by Crippen LogP contribution is -2.36. The van der Waals surface area contributed by atoms with E-state index in [0.29, 0.717) is 22.8 Å². The third kappa shape index (κ3) is 3.31. The fourth-order valence-electron chi connectivity index (χ4n) is 3.48. The summed E-state index contributed by atoms with van der Waals surface area (Å²) in [5, 5.41) is 7.57. The SMILES string of the molecule is COc1ccc(C)cc1NC(=O)C1=C(C)n2nc(C)c(-c3ccccc3)c2NN1. The van der Waals surface area contributed by atoms with E-state index in [0.717, 1.165) is 28.2 Å². The molecule has 0 unspecified atom stereocenters. The minimum atomic E-state index is -0.279. The average molecular weight is 389 g/mol. The lowest BCUT2D eigenvalue weighted by molar-refractivity contribution is -0.113. The highest BCUT2D eigenvalue weighted by molar-refractivity contribution is 6.08. The van der Waals surface area contributed by atoms with Crippen molar-refractivity contribution in [1.82, 2.24) is 15.2 Å². The number of aryl methyl sites for hydroxylation is 2. The molecule has 4 rings (SSSR count). The first-order chi connectivity index (χ1) is 14.0. The molecule has 2 heterocycles. The summed E-state index contributed by atoms with van der Waals surface area (Å²) in [5.74, 6) is 1.13. The Kier molecular flexibility index (Phi) is 4.72. The van der Waals surface area contributed by atoms with Gasteiger partial charge < -0.3 is 10.1 Å². The van der Waals surface area contributed by atoms with Gasteiger partial charge in [-0.1, -0.05) is 36.4 Å². The molecule has 3 aromatic rings. The minimum Gasteiger partial charge on any atom is -0.495 e. The predicted molar refractivity (Wildman–Crippen MR) is 114 cm³/mol. The Balaban J connectivity index is 1.69. The number of hydrogen-bond acceptors (Lipinski definition) is 5. The number of ether oxygens (including phenoxy) is 1. The number of amides is 1. The van der Waals surface area contributed by atoms with Crippen molar-refractivity contribution in [1.29, 1.82) is 0 Å². The first-order valence-corrected chi connectivity index (χ1v) is 9.34. The van der Waals surface area contributed by atoms with Gasteiger partial charge in [-0.2, -0.15) is 5.10 Å². The maximum atomic E-state index is 13.0. The summed E-state index contributed by atoms with van der Waals surface area (Å²) in [6.45, 7) is 5.78. The molecular weight excluding hydrogens is 366 g/mol. The van der Waals surface area contributed by atoms with E-state index in [1.54, 1.807) is 11.8 Å². The number of carbonyl (C=O) groups excluding carboxylic acids is 1. The smallest absolute Gasteiger partial charge is 0.275 e. The highest BCUT2D eigenvalue weighted by atomic mass is 16.5. The third-order valence-corrected chi connectivity index (χ3v) is 4.94. The van der Waals surface area contributed by atoms with Crippen LogP contribution in [-0.4, -0.2) is 22.8 Å². The van der Waals surface area contributed by atoms with Crippen LogP contribution >= 0.6 is 0 Å². The Labute approximate surface area is 169 Å². The largest absolute Gasteiger partial charge is 0.495 e. The van der Waals surface area contributed by atoms with Gasteiger partial charge in [-0.25, -0.2) is 4.68 Å². The summed E-state index contributed by atoms with van der Waals surface area (Å²) in [6.07, 6.45) is 0. The molecule has 1 aromatic heterocycles. The third-order valence-electron chi connectivity index (χ3n) is 4.94. The van der Waals surface area contributed by atoms with Crippen molar-refractivity contribution in [2.24, 2.45) is 0 Å². The maximum absolute atomic E-state index is 13.0. The molecule has 0 bridgehead atoms. The second kappa shape index (κ2) is 7.35. The Morgan fingerprint density at radius 2 is 1.83 bits per heavy atom. The molecule has 0 saturated carbocycles. The van der Waals surface area contributed by atoms with Crippen LogP contribution in [0.1, 0.15) is 18.2 Å². The van der Waals surface area contributed by atoms with E-state index >= 15 is 0 Å². The number of nitrogens with one attached hydrogen (secondary N) is 3. The van der Waals surface area contributed by atoms with Crippen molar-refractivity contribution in [2.75, 3.05) is 17.9 Å². The van der Waals surface area contributed by atoms with Crippen LogP contribution in [0, 0.1) is 13.8 Å². The molecule has 7 heteroatoms. The number of carbonyl (C=O) groups is 1. The molecule has 29 heavy (non-hydrogen) atoms. The molecule has 0 aliphatic carbocycles. The first-order valence-electron chi connectivity index (χ1n) is 9.34. The standard InChI is InChI=1S/C22H23N5O2/c1-13-10-11-18(29-4)17(12-13)23-22(28)20-15(3)27-21(25-24-20)19(14(2)26-27)16-8-6-5-7-9-16/h5-12,24-25H,1-4H3,(H,23,28). The molecule has 148 valence electrons. The van der Waals surface area contributed by atoms with Gasteiger partial charge in [0.05, 0.1) is 24.2 Å². The zero-order chi connectivity index (χ0) is 20.5. The Hall–Kier alpha value is -3.74. The van der Waals surface area contributed by atoms with Crippen LogP contribution < -0.4 is 20.9 Å². The summed E-state index contributed by atoms with van der Waals surface area (Å²) in [5.41, 5.74) is 11.8. The molecule has 7 nitrogen and oxygen atoms in total. The predicted octanol–water partition coefficient (Wildman–Crippen LogP) is 3.93. The molecule has 1 amide bonds. The number of methoxy groups -OCH3 is 1. The highest BCUT2D eigenvalue weighted by Gasteiger charge is 2.26. The van der Waals surface area contributed by atoms with Crippen molar-refractivity contribution in [2.45, 2.75) is 20.8 Å². The number of hydrazine groups is 1. The average Bonchev–Trinajstić information content (AvgIpc) is 3.06. The van der Waals surface area contributed by atoms with Crippen molar-refractivity contribution in [3.05, 3.63) is 65.5 Å². The quantitative estimate of drug-likeness (QED) is 0.630. The molecule has 0 radical (unpaired) electrons. The summed E-state index contributed by atoms with van der Waals surface area (Å²) in [6, 6.07) is 15.7. The molecule has 0 spiro atoms. The number of anilines is 2. The van der Waals surface area contributed by atoms with Crippen molar-refractivity contribution >= 4 is 23.1 Å². The van der Waals surface area contributed by atoms with E-state index in [-0.39, 0.29) is 5.91 Å². The van der Waals surface area contributed by atoms with E-state index < -0.39 is 0 Å². The van der Waals surface area contributed by atoms with Gasteiger partial charge in [-0.15, -0.1) is 0 Å². The number of benzene rings is 2. The number of nitrogens with zero attached hydrogens (tertiary/aromatic N) is 2. The van der Waals surface area contributed by atoms with Crippen LogP contribution in [0.4, 0.5) is 11.5 Å². The van der Waals surface area contributed by atoms with E-state index in [1.165, 1.54) is 0 Å². The summed E-state index contributed by atoms with van der Waals surface area (Å²) in [7, 11) is 1.58. The van der Waals surface area contributed by atoms with Crippen LogP contribution in [0.3, 0.4) is 0 Å². The number of aromatic nitrogens is 2. The van der Waals surface area contributed by atoms with E-state index in [2.05, 4.69) is 21.3 Å². The Morgan fingerprint density at radius 1 is 1.07 bits per heavy atom. The minimum absolute atomic E-state index is 0.279. The molecule has 1 aliphatic heterocycles. The zero-order valence-corrected chi connectivity index (χ0v) is 16.8. The fourth-order valence-corrected chi connectivity index (χ4v) is 3.48. The summed E-state index contributed by atoms with van der Waals surface area (Å²) in [4.78, 5) is 13.0. The Bertz CT molecular complexity index is 1120. The molecule has 3 N–H and O–H groups in total. The van der Waals surface area contributed by atoms with Crippen LogP contribution in [-0.2, 0) is 4.79 Å². The normalized spacial score (nSPS) is 12.7. The van der Waals surface area contributed by atoms with Crippen molar-refractivity contribution < 1.29 is 9.53 Å². The van der Waals surface area contributed by atoms with Crippen LogP contribution in [0.5, 0.6) is 5.75 Å². The molecule has 0 saturated heterocycles. The van der Waals surface area contributed by atoms with Gasteiger partial charge in [0.1, 0.15) is 11.4 Å². The fraction of sp³-hybridized carbons (Fsp3) is 0.182. The van der Waals surface area contributed by atoms with Crippen molar-refractivity contribution in [3.63, 3.8) is 0 Å². The van der Waals surface area contributed by atoms with Crippen LogP contribution in [0.25, 0.3) is 16.8 Å². The van der Waals surface area contributed by atoms with Crippen LogP contribution in [0.15, 0.2) is 54.2 Å². The van der Waals surface area contributed by atoms with Crippen molar-refractivity contribution in [3.8, 4) is 16.9 Å². The molecule has 1 aliphatic rings. The first kappa shape index (κ1) is 18.6. The van der Waals surface area contributed by atoms with Gasteiger partial charge >= 0.3 is 0 Å².